The Balaban J connectivity index is 2.24. The number of rotatable bonds is 4. The molecule has 0 radical (unpaired) electrons. The van der Waals surface area contributed by atoms with Gasteiger partial charge in [-0.2, -0.15) is 5.10 Å². The number of H-pyrrole nitrogens is 1. The van der Waals surface area contributed by atoms with Crippen LogP contribution in [0.3, 0.4) is 0 Å². The number of aromatic nitrogens is 3. The third kappa shape index (κ3) is 2.02. The fourth-order valence-electron chi connectivity index (χ4n) is 2.22. The number of ether oxygens (including phenoxy) is 2. The molecule has 1 saturated carbocycles. The summed E-state index contributed by atoms with van der Waals surface area (Å²) < 4.78 is 13.5. The number of hydrogen-bond acceptors (Lipinski definition) is 4. The zero-order valence-electron chi connectivity index (χ0n) is 10.8. The zero-order chi connectivity index (χ0) is 13.4. The van der Waals surface area contributed by atoms with Gasteiger partial charge in [0.15, 0.2) is 10.6 Å². The van der Waals surface area contributed by atoms with Crippen LogP contribution in [0.2, 0.25) is 0 Å². The first kappa shape index (κ1) is 12.2. The van der Waals surface area contributed by atoms with Crippen LogP contribution < -0.4 is 9.47 Å². The Labute approximate surface area is 116 Å². The quantitative estimate of drug-likeness (QED) is 0.873. The van der Waals surface area contributed by atoms with Gasteiger partial charge in [-0.15, -0.1) is 0 Å². The van der Waals surface area contributed by atoms with Crippen molar-refractivity contribution in [3.63, 3.8) is 0 Å². The molecule has 0 unspecified atom stereocenters. The summed E-state index contributed by atoms with van der Waals surface area (Å²) in [4.78, 5) is 0. The van der Waals surface area contributed by atoms with E-state index in [1.165, 1.54) is 0 Å². The van der Waals surface area contributed by atoms with Gasteiger partial charge in [0.1, 0.15) is 17.1 Å². The van der Waals surface area contributed by atoms with Gasteiger partial charge in [-0.25, -0.2) is 0 Å². The Morgan fingerprint density at radius 2 is 1.89 bits per heavy atom. The number of hydrogen-bond donors (Lipinski definition) is 1. The lowest BCUT2D eigenvalue weighted by Gasteiger charge is -2.13. The van der Waals surface area contributed by atoms with Crippen molar-refractivity contribution in [1.29, 1.82) is 0 Å². The third-order valence-electron chi connectivity index (χ3n) is 3.27. The molecule has 1 N–H and O–H groups in total. The first-order chi connectivity index (χ1) is 9.26. The topological polar surface area (TPSA) is 52.1 Å². The highest BCUT2D eigenvalue weighted by Gasteiger charge is 2.29. The summed E-state index contributed by atoms with van der Waals surface area (Å²) in [6.07, 6.45) is 2.27. The maximum absolute atomic E-state index is 5.43. The molecule has 2 aromatic rings. The van der Waals surface area contributed by atoms with Crippen LogP contribution in [0.1, 0.15) is 18.9 Å². The third-order valence-corrected chi connectivity index (χ3v) is 3.56. The molecule has 1 aliphatic carbocycles. The van der Waals surface area contributed by atoms with Gasteiger partial charge in [0.2, 0.25) is 0 Å². The molecule has 0 aliphatic heterocycles. The monoisotopic (exact) mass is 277 g/mol. The molecule has 6 heteroatoms. The van der Waals surface area contributed by atoms with Crippen molar-refractivity contribution in [2.45, 2.75) is 18.9 Å². The number of benzene rings is 1. The van der Waals surface area contributed by atoms with Crippen molar-refractivity contribution < 1.29 is 9.47 Å². The molecule has 3 rings (SSSR count). The number of aromatic amines is 1. The molecule has 0 spiro atoms. The van der Waals surface area contributed by atoms with Crippen LogP contribution in [0.4, 0.5) is 0 Å². The van der Waals surface area contributed by atoms with Gasteiger partial charge in [-0.05, 0) is 37.2 Å². The van der Waals surface area contributed by atoms with E-state index in [2.05, 4.69) is 14.8 Å². The van der Waals surface area contributed by atoms with Crippen molar-refractivity contribution in [1.82, 2.24) is 14.8 Å². The molecule has 0 bridgehead atoms. The molecule has 0 saturated heterocycles. The Hall–Kier alpha value is -1.82. The van der Waals surface area contributed by atoms with Crippen molar-refractivity contribution in [2.75, 3.05) is 14.2 Å². The fourth-order valence-corrected chi connectivity index (χ4v) is 2.51. The predicted molar refractivity (Wildman–Crippen MR) is 74.2 cm³/mol. The van der Waals surface area contributed by atoms with E-state index in [1.807, 2.05) is 18.2 Å². The van der Waals surface area contributed by atoms with Crippen LogP contribution in [0.5, 0.6) is 11.5 Å². The van der Waals surface area contributed by atoms with Crippen LogP contribution >= 0.6 is 12.2 Å². The van der Waals surface area contributed by atoms with E-state index < -0.39 is 0 Å². The van der Waals surface area contributed by atoms with Gasteiger partial charge in [-0.3, -0.25) is 9.67 Å². The van der Waals surface area contributed by atoms with Gasteiger partial charge >= 0.3 is 0 Å². The molecule has 0 amide bonds. The molecular formula is C13H15N3O2S. The largest absolute Gasteiger partial charge is 0.496 e. The molecule has 5 nitrogen and oxygen atoms in total. The van der Waals surface area contributed by atoms with Crippen LogP contribution in [0.15, 0.2) is 18.2 Å². The number of nitrogens with one attached hydrogen (secondary N) is 1. The molecule has 1 aromatic carbocycles. The van der Waals surface area contributed by atoms with E-state index in [-0.39, 0.29) is 0 Å². The Morgan fingerprint density at radius 3 is 2.42 bits per heavy atom. The SMILES string of the molecule is COc1cccc(OC)c1-c1n[nH]c(=S)n1C1CC1. The van der Waals surface area contributed by atoms with Crippen molar-refractivity contribution in [2.24, 2.45) is 0 Å². The minimum Gasteiger partial charge on any atom is -0.496 e. The summed E-state index contributed by atoms with van der Waals surface area (Å²) in [5.41, 5.74) is 0.840. The summed E-state index contributed by atoms with van der Waals surface area (Å²) in [5.74, 6) is 2.24. The smallest absolute Gasteiger partial charge is 0.195 e. The van der Waals surface area contributed by atoms with Crippen molar-refractivity contribution in [3.8, 4) is 22.9 Å². The summed E-state index contributed by atoms with van der Waals surface area (Å²) in [6.45, 7) is 0. The minimum absolute atomic E-state index is 0.441. The lowest BCUT2D eigenvalue weighted by molar-refractivity contribution is 0.396. The standard InChI is InChI=1S/C13H15N3O2S/c1-17-9-4-3-5-10(18-2)11(9)12-14-15-13(19)16(12)8-6-7-8/h3-5,8H,6-7H2,1-2H3,(H,15,19). The van der Waals surface area contributed by atoms with E-state index in [0.29, 0.717) is 10.8 Å². The molecule has 0 atom stereocenters. The van der Waals surface area contributed by atoms with Gasteiger partial charge in [0.25, 0.3) is 0 Å². The molecule has 1 fully saturated rings. The molecule has 1 aliphatic rings. The molecular weight excluding hydrogens is 262 g/mol. The lowest BCUT2D eigenvalue weighted by Crippen LogP contribution is -2.01. The second kappa shape index (κ2) is 4.70. The maximum Gasteiger partial charge on any atom is 0.195 e. The molecule has 100 valence electrons. The molecule has 19 heavy (non-hydrogen) atoms. The average Bonchev–Trinajstić information content (AvgIpc) is 3.21. The minimum atomic E-state index is 0.441. The predicted octanol–water partition coefficient (Wildman–Crippen LogP) is 2.96. The van der Waals surface area contributed by atoms with Crippen LogP contribution in [-0.4, -0.2) is 29.0 Å². The second-order valence-corrected chi connectivity index (χ2v) is 4.88. The Morgan fingerprint density at radius 1 is 1.26 bits per heavy atom. The summed E-state index contributed by atoms with van der Waals surface area (Å²) in [6, 6.07) is 6.12. The number of methoxy groups -OCH3 is 2. The van der Waals surface area contributed by atoms with E-state index >= 15 is 0 Å². The maximum atomic E-state index is 5.43. The van der Waals surface area contributed by atoms with Crippen LogP contribution in [-0.2, 0) is 0 Å². The average molecular weight is 277 g/mol. The highest BCUT2D eigenvalue weighted by atomic mass is 32.1. The Bertz CT molecular complexity index is 636. The van der Waals surface area contributed by atoms with E-state index in [0.717, 1.165) is 35.7 Å². The van der Waals surface area contributed by atoms with E-state index in [9.17, 15) is 0 Å². The molecule has 1 aromatic heterocycles. The van der Waals surface area contributed by atoms with Gasteiger partial charge < -0.3 is 9.47 Å². The van der Waals surface area contributed by atoms with Gasteiger partial charge in [0, 0.05) is 6.04 Å². The van der Waals surface area contributed by atoms with E-state index in [4.69, 9.17) is 21.7 Å². The first-order valence-electron chi connectivity index (χ1n) is 6.14. The van der Waals surface area contributed by atoms with Crippen molar-refractivity contribution in [3.05, 3.63) is 23.0 Å². The zero-order valence-corrected chi connectivity index (χ0v) is 11.7. The highest BCUT2D eigenvalue weighted by molar-refractivity contribution is 7.71. The Kier molecular flexibility index (Phi) is 3.02. The van der Waals surface area contributed by atoms with Gasteiger partial charge in [-0.1, -0.05) is 6.07 Å². The first-order valence-corrected chi connectivity index (χ1v) is 6.55. The second-order valence-electron chi connectivity index (χ2n) is 4.49. The number of nitrogens with zero attached hydrogens (tertiary/aromatic N) is 2. The normalized spacial score (nSPS) is 14.4. The molecule has 1 heterocycles. The fraction of sp³-hybridized carbons (Fsp3) is 0.385. The lowest BCUT2D eigenvalue weighted by atomic mass is 10.1. The van der Waals surface area contributed by atoms with Gasteiger partial charge in [0.05, 0.1) is 14.2 Å². The van der Waals surface area contributed by atoms with Crippen LogP contribution in [0.25, 0.3) is 11.4 Å². The summed E-state index contributed by atoms with van der Waals surface area (Å²) >= 11 is 5.31. The van der Waals surface area contributed by atoms with Crippen molar-refractivity contribution >= 4 is 12.2 Å². The summed E-state index contributed by atoms with van der Waals surface area (Å²) in [5, 5.41) is 7.21. The van der Waals surface area contributed by atoms with E-state index in [1.54, 1.807) is 14.2 Å². The van der Waals surface area contributed by atoms with Crippen LogP contribution in [0, 0.1) is 4.77 Å². The summed E-state index contributed by atoms with van der Waals surface area (Å²) in [7, 11) is 3.28. The highest BCUT2D eigenvalue weighted by Crippen LogP contribution is 2.42.